The maximum atomic E-state index is 14.0. The van der Waals surface area contributed by atoms with Crippen LogP contribution in [0.2, 0.25) is 0 Å². The Bertz CT molecular complexity index is 986. The number of aromatic nitrogens is 1. The molecule has 1 aliphatic heterocycles. The lowest BCUT2D eigenvalue weighted by Gasteiger charge is -2.22. The quantitative estimate of drug-likeness (QED) is 0.640. The van der Waals surface area contributed by atoms with Crippen molar-refractivity contribution in [2.24, 2.45) is 0 Å². The first kappa shape index (κ1) is 20.9. The van der Waals surface area contributed by atoms with Crippen molar-refractivity contribution in [1.29, 1.82) is 0 Å². The SMILES string of the molecule is O=C(CCc1cc(Br)c(F)cn1)[C@@H]1C[C@@H](F)CN1S(=O)(=O)c1ccc(F)cc1. The van der Waals surface area contributed by atoms with E-state index in [1.807, 2.05) is 0 Å². The zero-order chi connectivity index (χ0) is 20.5. The van der Waals surface area contributed by atoms with E-state index < -0.39 is 46.2 Å². The summed E-state index contributed by atoms with van der Waals surface area (Å²) in [5.74, 6) is -1.59. The number of nitrogens with zero attached hydrogens (tertiary/aromatic N) is 2. The Labute approximate surface area is 168 Å². The molecule has 0 N–H and O–H groups in total. The van der Waals surface area contributed by atoms with Crippen LogP contribution in [0.4, 0.5) is 13.2 Å². The molecule has 2 atom stereocenters. The standard InChI is InChI=1S/C18H16BrF3N2O3S/c19-15-8-13(23-9-16(15)22)3-6-18(25)17-7-12(21)10-24(17)28(26,27)14-4-1-11(20)2-5-14/h1-2,4-5,8-9,12,17H,3,6-7,10H2/t12-,17+/m1/s1. The number of rotatable bonds is 6. The third-order valence-corrected chi connectivity index (χ3v) is 6.99. The van der Waals surface area contributed by atoms with E-state index >= 15 is 0 Å². The molecule has 5 nitrogen and oxygen atoms in total. The van der Waals surface area contributed by atoms with Gasteiger partial charge >= 0.3 is 0 Å². The number of sulfonamides is 1. The summed E-state index contributed by atoms with van der Waals surface area (Å²) in [6, 6.07) is 4.43. The summed E-state index contributed by atoms with van der Waals surface area (Å²) >= 11 is 3.03. The molecule has 150 valence electrons. The third-order valence-electron chi connectivity index (χ3n) is 4.49. The summed E-state index contributed by atoms with van der Waals surface area (Å²) in [6.45, 7) is -0.434. The molecule has 0 aliphatic carbocycles. The number of ketones is 1. The molecule has 0 amide bonds. The molecule has 28 heavy (non-hydrogen) atoms. The molecule has 0 spiro atoms. The fourth-order valence-electron chi connectivity index (χ4n) is 3.06. The zero-order valence-electron chi connectivity index (χ0n) is 14.5. The van der Waals surface area contributed by atoms with Gasteiger partial charge in [-0.25, -0.2) is 21.6 Å². The van der Waals surface area contributed by atoms with Gasteiger partial charge in [-0.05, 0) is 52.7 Å². The number of aryl methyl sites for hydroxylation is 1. The molecule has 1 aromatic heterocycles. The number of alkyl halides is 1. The summed E-state index contributed by atoms with van der Waals surface area (Å²) in [6.07, 6.45) is -0.599. The minimum Gasteiger partial charge on any atom is -0.298 e. The first-order valence-corrected chi connectivity index (χ1v) is 10.7. The van der Waals surface area contributed by atoms with Crippen LogP contribution in [0.15, 0.2) is 45.9 Å². The number of Topliss-reactive ketones (excluding diaryl/α,β-unsaturated/α-hetero) is 1. The maximum absolute atomic E-state index is 14.0. The Kier molecular flexibility index (Phi) is 6.21. The largest absolute Gasteiger partial charge is 0.298 e. The molecule has 2 aromatic rings. The first-order chi connectivity index (χ1) is 13.2. The summed E-state index contributed by atoms with van der Waals surface area (Å²) in [5.41, 5.74) is 0.448. The van der Waals surface area contributed by atoms with E-state index in [1.54, 1.807) is 0 Å². The molecule has 0 radical (unpaired) electrons. The topological polar surface area (TPSA) is 67.3 Å². The Morgan fingerprint density at radius 1 is 1.25 bits per heavy atom. The highest BCUT2D eigenvalue weighted by Gasteiger charge is 2.43. The molecule has 0 unspecified atom stereocenters. The van der Waals surface area contributed by atoms with Gasteiger partial charge in [-0.15, -0.1) is 0 Å². The fourth-order valence-corrected chi connectivity index (χ4v) is 5.08. The zero-order valence-corrected chi connectivity index (χ0v) is 16.9. The number of carbonyl (C=O) groups excluding carboxylic acids is 1. The number of benzene rings is 1. The summed E-state index contributed by atoms with van der Waals surface area (Å²) in [7, 11) is -4.14. The second kappa shape index (κ2) is 8.30. The van der Waals surface area contributed by atoms with E-state index in [4.69, 9.17) is 0 Å². The highest BCUT2D eigenvalue weighted by molar-refractivity contribution is 9.10. The number of pyridine rings is 1. The van der Waals surface area contributed by atoms with E-state index in [0.29, 0.717) is 5.69 Å². The van der Waals surface area contributed by atoms with E-state index in [-0.39, 0.29) is 28.6 Å². The monoisotopic (exact) mass is 476 g/mol. The molecule has 0 saturated carbocycles. The van der Waals surface area contributed by atoms with Gasteiger partial charge in [0.25, 0.3) is 0 Å². The normalized spacial score (nSPS) is 20.4. The molecule has 0 bridgehead atoms. The fraction of sp³-hybridized carbons (Fsp3) is 0.333. The van der Waals surface area contributed by atoms with E-state index in [1.165, 1.54) is 6.07 Å². The molecule has 1 saturated heterocycles. The predicted octanol–water partition coefficient (Wildman–Crippen LogP) is 3.43. The lowest BCUT2D eigenvalue weighted by Crippen LogP contribution is -2.40. The summed E-state index contributed by atoms with van der Waals surface area (Å²) in [5, 5.41) is 0. The Morgan fingerprint density at radius 2 is 1.93 bits per heavy atom. The molecule has 1 aromatic carbocycles. The molecule has 2 heterocycles. The van der Waals surface area contributed by atoms with Crippen LogP contribution in [0.5, 0.6) is 0 Å². The Balaban J connectivity index is 1.76. The van der Waals surface area contributed by atoms with Gasteiger partial charge in [-0.2, -0.15) is 4.31 Å². The Hall–Kier alpha value is -1.78. The molecule has 1 aliphatic rings. The smallest absolute Gasteiger partial charge is 0.243 e. The van der Waals surface area contributed by atoms with Crippen LogP contribution in [-0.4, -0.2) is 42.2 Å². The van der Waals surface area contributed by atoms with Crippen LogP contribution in [0.25, 0.3) is 0 Å². The van der Waals surface area contributed by atoms with Crippen molar-refractivity contribution in [1.82, 2.24) is 9.29 Å². The van der Waals surface area contributed by atoms with Gasteiger partial charge in [0, 0.05) is 25.1 Å². The number of carbonyl (C=O) groups is 1. The molecule has 10 heteroatoms. The molecular formula is C18H16BrF3N2O3S. The van der Waals surface area contributed by atoms with Crippen molar-refractivity contribution in [3.63, 3.8) is 0 Å². The second-order valence-electron chi connectivity index (χ2n) is 6.43. The predicted molar refractivity (Wildman–Crippen MR) is 98.8 cm³/mol. The van der Waals surface area contributed by atoms with Gasteiger partial charge in [-0.3, -0.25) is 9.78 Å². The lowest BCUT2D eigenvalue weighted by molar-refractivity contribution is -0.122. The minimum absolute atomic E-state index is 0.0715. The number of halogens is 4. The van der Waals surface area contributed by atoms with Crippen molar-refractivity contribution >= 4 is 31.7 Å². The van der Waals surface area contributed by atoms with Gasteiger partial charge < -0.3 is 0 Å². The first-order valence-electron chi connectivity index (χ1n) is 8.42. The van der Waals surface area contributed by atoms with Crippen LogP contribution >= 0.6 is 15.9 Å². The van der Waals surface area contributed by atoms with Crippen LogP contribution in [-0.2, 0) is 21.2 Å². The second-order valence-corrected chi connectivity index (χ2v) is 9.18. The third kappa shape index (κ3) is 4.44. The van der Waals surface area contributed by atoms with Crippen LogP contribution in [0, 0.1) is 11.6 Å². The minimum atomic E-state index is -4.14. The van der Waals surface area contributed by atoms with Gasteiger partial charge in [0.1, 0.15) is 12.0 Å². The highest BCUT2D eigenvalue weighted by Crippen LogP contribution is 2.29. The van der Waals surface area contributed by atoms with Crippen molar-refractivity contribution in [3.05, 3.63) is 58.3 Å². The van der Waals surface area contributed by atoms with E-state index in [9.17, 15) is 26.4 Å². The van der Waals surface area contributed by atoms with Crippen LogP contribution < -0.4 is 0 Å². The van der Waals surface area contributed by atoms with Gasteiger partial charge in [0.2, 0.25) is 10.0 Å². The van der Waals surface area contributed by atoms with Gasteiger partial charge in [-0.1, -0.05) is 0 Å². The van der Waals surface area contributed by atoms with Crippen molar-refractivity contribution in [2.75, 3.05) is 6.54 Å². The van der Waals surface area contributed by atoms with Gasteiger partial charge in [0.05, 0.1) is 21.6 Å². The highest BCUT2D eigenvalue weighted by atomic mass is 79.9. The van der Waals surface area contributed by atoms with Crippen molar-refractivity contribution < 1.29 is 26.4 Å². The van der Waals surface area contributed by atoms with Crippen molar-refractivity contribution in [3.8, 4) is 0 Å². The number of hydrogen-bond donors (Lipinski definition) is 0. The molecule has 1 fully saturated rings. The maximum Gasteiger partial charge on any atom is 0.243 e. The summed E-state index contributed by atoms with van der Waals surface area (Å²) in [4.78, 5) is 16.3. The Morgan fingerprint density at radius 3 is 2.57 bits per heavy atom. The van der Waals surface area contributed by atoms with E-state index in [0.717, 1.165) is 34.8 Å². The van der Waals surface area contributed by atoms with Crippen molar-refractivity contribution in [2.45, 2.75) is 36.4 Å². The molecular weight excluding hydrogens is 461 g/mol. The lowest BCUT2D eigenvalue weighted by atomic mass is 10.0. The van der Waals surface area contributed by atoms with Crippen LogP contribution in [0.3, 0.4) is 0 Å². The average molecular weight is 477 g/mol. The number of hydrogen-bond acceptors (Lipinski definition) is 4. The van der Waals surface area contributed by atoms with E-state index in [2.05, 4.69) is 20.9 Å². The average Bonchev–Trinajstić information content (AvgIpc) is 3.05. The molecule has 3 rings (SSSR count). The van der Waals surface area contributed by atoms with Gasteiger partial charge in [0.15, 0.2) is 11.6 Å². The van der Waals surface area contributed by atoms with Crippen LogP contribution in [0.1, 0.15) is 18.5 Å². The summed E-state index contributed by atoms with van der Waals surface area (Å²) < 4.78 is 66.9.